The molecule has 0 saturated heterocycles. The smallest absolute Gasteiger partial charge is 0.269 e. The fourth-order valence-corrected chi connectivity index (χ4v) is 5.56. The molecular formula is C20H18N2OS. The molecule has 3 aliphatic heterocycles. The van der Waals surface area contributed by atoms with Crippen molar-refractivity contribution in [3.8, 4) is 0 Å². The van der Waals surface area contributed by atoms with E-state index in [9.17, 15) is 4.79 Å². The summed E-state index contributed by atoms with van der Waals surface area (Å²) in [5.74, 6) is 0.125. The van der Waals surface area contributed by atoms with Gasteiger partial charge in [-0.15, -0.1) is 0 Å². The summed E-state index contributed by atoms with van der Waals surface area (Å²) in [6, 6.07) is 14.4. The first-order chi connectivity index (χ1) is 11.4. The third kappa shape index (κ3) is 1.52. The highest BCUT2D eigenvalue weighted by molar-refractivity contribution is 8.01. The van der Waals surface area contributed by atoms with Gasteiger partial charge in [-0.2, -0.15) is 0 Å². The van der Waals surface area contributed by atoms with E-state index in [0.29, 0.717) is 0 Å². The van der Waals surface area contributed by atoms with Crippen molar-refractivity contribution < 1.29 is 4.79 Å². The second-order valence-electron chi connectivity index (χ2n) is 7.23. The lowest BCUT2D eigenvalue weighted by atomic mass is 9.89. The number of nitrogens with one attached hydrogen (secondary N) is 1. The Bertz CT molecular complexity index is 919. The van der Waals surface area contributed by atoms with E-state index < -0.39 is 4.87 Å². The quantitative estimate of drug-likeness (QED) is 0.764. The lowest BCUT2D eigenvalue weighted by Crippen LogP contribution is -2.51. The van der Waals surface area contributed by atoms with Gasteiger partial charge in [0.25, 0.3) is 5.91 Å². The topological polar surface area (TPSA) is 32.3 Å². The van der Waals surface area contributed by atoms with Crippen molar-refractivity contribution in [3.63, 3.8) is 0 Å². The van der Waals surface area contributed by atoms with E-state index in [4.69, 9.17) is 0 Å². The van der Waals surface area contributed by atoms with Gasteiger partial charge in [0.15, 0.2) is 4.87 Å². The van der Waals surface area contributed by atoms with Crippen LogP contribution in [0.4, 0.5) is 11.4 Å². The minimum Gasteiger partial charge on any atom is -0.358 e. The lowest BCUT2D eigenvalue weighted by Gasteiger charge is -2.39. The molecule has 0 aromatic heterocycles. The molecule has 1 N–H and O–H groups in total. The number of allylic oxidation sites excluding steroid dienone is 1. The Balaban J connectivity index is 1.79. The number of para-hydroxylation sites is 2. The maximum atomic E-state index is 13.6. The molecule has 0 bridgehead atoms. The number of nitrogens with zero attached hydrogens (tertiary/aromatic N) is 1. The molecule has 0 fully saturated rings. The second kappa shape index (κ2) is 4.25. The first-order valence-corrected chi connectivity index (χ1v) is 9.00. The molecule has 24 heavy (non-hydrogen) atoms. The van der Waals surface area contributed by atoms with Gasteiger partial charge in [0, 0.05) is 21.7 Å². The van der Waals surface area contributed by atoms with Crippen LogP contribution < -0.4 is 10.2 Å². The van der Waals surface area contributed by atoms with Crippen LogP contribution in [0.3, 0.4) is 0 Å². The van der Waals surface area contributed by atoms with Crippen LogP contribution >= 0.6 is 11.8 Å². The molecular weight excluding hydrogens is 316 g/mol. The van der Waals surface area contributed by atoms with Crippen LogP contribution in [-0.4, -0.2) is 11.4 Å². The molecule has 1 atom stereocenters. The molecule has 120 valence electrons. The summed E-state index contributed by atoms with van der Waals surface area (Å²) < 4.78 is 0. The number of rotatable bonds is 0. The molecule has 2 aromatic rings. The third-order valence-corrected chi connectivity index (χ3v) is 6.55. The molecule has 0 unspecified atom stereocenters. The maximum Gasteiger partial charge on any atom is 0.269 e. The maximum absolute atomic E-state index is 13.6. The zero-order valence-corrected chi connectivity index (χ0v) is 14.7. The number of anilines is 2. The van der Waals surface area contributed by atoms with Crippen molar-refractivity contribution >= 4 is 34.6 Å². The minimum absolute atomic E-state index is 0.125. The van der Waals surface area contributed by atoms with Gasteiger partial charge >= 0.3 is 0 Å². The standard InChI is InChI=1S/C20H18N2OS/c1-12-11-19(2,3)22-17-13(12)7-6-8-14(17)20(18(22)23)21-15-9-4-5-10-16(15)24-20/h4-11,21H,1-3H3/t20-/m0/s1. The van der Waals surface area contributed by atoms with Gasteiger partial charge in [0.1, 0.15) is 0 Å². The van der Waals surface area contributed by atoms with Crippen molar-refractivity contribution in [2.75, 3.05) is 10.2 Å². The van der Waals surface area contributed by atoms with Gasteiger partial charge in [0.05, 0.1) is 11.2 Å². The highest BCUT2D eigenvalue weighted by Gasteiger charge is 2.59. The van der Waals surface area contributed by atoms with Crippen molar-refractivity contribution in [2.45, 2.75) is 36.1 Å². The first kappa shape index (κ1) is 14.2. The number of carbonyl (C=O) groups excluding carboxylic acids is 1. The van der Waals surface area contributed by atoms with E-state index in [1.54, 1.807) is 11.8 Å². The van der Waals surface area contributed by atoms with Crippen LogP contribution in [0.1, 0.15) is 31.9 Å². The Morgan fingerprint density at radius 3 is 2.67 bits per heavy atom. The van der Waals surface area contributed by atoms with E-state index in [0.717, 1.165) is 27.4 Å². The third-order valence-electron chi connectivity index (χ3n) is 5.17. The molecule has 0 aliphatic carbocycles. The van der Waals surface area contributed by atoms with Crippen molar-refractivity contribution in [1.29, 1.82) is 0 Å². The fourth-order valence-electron chi connectivity index (χ4n) is 4.24. The zero-order chi connectivity index (χ0) is 16.7. The Hall–Kier alpha value is -2.20. The van der Waals surface area contributed by atoms with Gasteiger partial charge < -0.3 is 5.32 Å². The lowest BCUT2D eigenvalue weighted by molar-refractivity contribution is -0.120. The Kier molecular flexibility index (Phi) is 2.51. The number of hydrogen-bond acceptors (Lipinski definition) is 3. The second-order valence-corrected chi connectivity index (χ2v) is 8.48. The number of benzene rings is 2. The van der Waals surface area contributed by atoms with E-state index in [1.807, 2.05) is 23.1 Å². The Labute approximate surface area is 145 Å². The summed E-state index contributed by atoms with van der Waals surface area (Å²) in [5, 5.41) is 3.54. The summed E-state index contributed by atoms with van der Waals surface area (Å²) in [6.45, 7) is 6.36. The molecule has 3 nitrogen and oxygen atoms in total. The highest BCUT2D eigenvalue weighted by atomic mass is 32.2. The molecule has 0 radical (unpaired) electrons. The number of amides is 1. The Morgan fingerprint density at radius 2 is 1.88 bits per heavy atom. The van der Waals surface area contributed by atoms with Crippen LogP contribution in [0.25, 0.3) is 5.57 Å². The molecule has 1 spiro atoms. The average molecular weight is 334 g/mol. The van der Waals surface area contributed by atoms with E-state index >= 15 is 0 Å². The number of thioether (sulfide) groups is 1. The van der Waals surface area contributed by atoms with Crippen molar-refractivity contribution in [2.24, 2.45) is 0 Å². The van der Waals surface area contributed by atoms with Crippen molar-refractivity contribution in [1.82, 2.24) is 0 Å². The predicted octanol–water partition coefficient (Wildman–Crippen LogP) is 4.60. The van der Waals surface area contributed by atoms with E-state index in [2.05, 4.69) is 56.4 Å². The molecule has 4 heteroatoms. The van der Waals surface area contributed by atoms with Crippen molar-refractivity contribution in [3.05, 3.63) is 59.7 Å². The zero-order valence-electron chi connectivity index (χ0n) is 13.9. The SMILES string of the molecule is CC1=CC(C)(C)N2C(=O)[C@]3(Nc4ccccc4S3)c3cccc1c32. The van der Waals surface area contributed by atoms with Crippen LogP contribution in [0.5, 0.6) is 0 Å². The normalized spacial score (nSPS) is 25.4. The number of hydrogen-bond donors (Lipinski definition) is 1. The largest absolute Gasteiger partial charge is 0.358 e. The fraction of sp³-hybridized carbons (Fsp3) is 0.250. The van der Waals surface area contributed by atoms with Crippen LogP contribution in [0.15, 0.2) is 53.4 Å². The van der Waals surface area contributed by atoms with Gasteiger partial charge in [0.2, 0.25) is 0 Å². The summed E-state index contributed by atoms with van der Waals surface area (Å²) in [5.41, 5.74) is 5.25. The van der Waals surface area contributed by atoms with Crippen LogP contribution in [0.2, 0.25) is 0 Å². The molecule has 2 aromatic carbocycles. The summed E-state index contributed by atoms with van der Waals surface area (Å²) in [6.07, 6.45) is 2.20. The van der Waals surface area contributed by atoms with Gasteiger partial charge in [-0.1, -0.05) is 48.2 Å². The van der Waals surface area contributed by atoms with Crippen LogP contribution in [-0.2, 0) is 9.67 Å². The molecule has 3 heterocycles. The van der Waals surface area contributed by atoms with Crippen LogP contribution in [0, 0.1) is 0 Å². The number of fused-ring (bicyclic) bond motifs is 2. The molecule has 3 aliphatic rings. The predicted molar refractivity (Wildman–Crippen MR) is 99.3 cm³/mol. The summed E-state index contributed by atoms with van der Waals surface area (Å²) in [7, 11) is 0. The molecule has 0 saturated carbocycles. The van der Waals surface area contributed by atoms with Gasteiger partial charge in [-0.3, -0.25) is 9.69 Å². The molecule has 5 rings (SSSR count). The van der Waals surface area contributed by atoms with Gasteiger partial charge in [-0.25, -0.2) is 0 Å². The highest BCUT2D eigenvalue weighted by Crippen LogP contribution is 2.60. The minimum atomic E-state index is -0.745. The summed E-state index contributed by atoms with van der Waals surface area (Å²) >= 11 is 1.63. The van der Waals surface area contributed by atoms with Gasteiger partial charge in [-0.05, 0) is 38.5 Å². The Morgan fingerprint density at radius 1 is 1.08 bits per heavy atom. The average Bonchev–Trinajstić information content (AvgIpc) is 3.04. The summed E-state index contributed by atoms with van der Waals surface area (Å²) in [4.78, 5) is 16.0. The number of carbonyl (C=O) groups is 1. The monoisotopic (exact) mass is 334 g/mol. The first-order valence-electron chi connectivity index (χ1n) is 8.18. The van der Waals surface area contributed by atoms with E-state index in [1.165, 1.54) is 5.57 Å². The molecule has 1 amide bonds. The van der Waals surface area contributed by atoms with E-state index in [-0.39, 0.29) is 11.4 Å².